The zero-order valence-electron chi connectivity index (χ0n) is 13.0. The molecule has 0 aliphatic rings. The van der Waals surface area contributed by atoms with E-state index in [4.69, 9.17) is 4.74 Å². The Morgan fingerprint density at radius 3 is 2.58 bits per heavy atom. The normalized spacial score (nSPS) is 11.5. The Morgan fingerprint density at radius 2 is 1.96 bits per heavy atom. The van der Waals surface area contributed by atoms with Gasteiger partial charge in [0.05, 0.1) is 17.1 Å². The summed E-state index contributed by atoms with van der Waals surface area (Å²) in [6.45, 7) is 1.56. The number of carbonyl (C=O) groups is 2. The first-order valence-corrected chi connectivity index (χ1v) is 7.81. The molecule has 0 aliphatic carbocycles. The molecule has 2 aromatic rings. The molecule has 7 heteroatoms. The number of carbonyl (C=O) groups excluding carboxylic acids is 2. The van der Waals surface area contributed by atoms with E-state index < -0.39 is 23.8 Å². The van der Waals surface area contributed by atoms with Gasteiger partial charge >= 0.3 is 5.97 Å². The summed E-state index contributed by atoms with van der Waals surface area (Å²) >= 11 is 3.28. The second-order valence-electron chi connectivity index (χ2n) is 4.90. The van der Waals surface area contributed by atoms with Gasteiger partial charge < -0.3 is 14.8 Å². The molecule has 1 atom stereocenters. The third kappa shape index (κ3) is 4.55. The summed E-state index contributed by atoms with van der Waals surface area (Å²) in [5.74, 6) is -0.948. The zero-order chi connectivity index (χ0) is 17.7. The molecule has 1 unspecified atom stereocenters. The highest BCUT2D eigenvalue weighted by atomic mass is 79.9. The van der Waals surface area contributed by atoms with Gasteiger partial charge in [0.25, 0.3) is 5.91 Å². The van der Waals surface area contributed by atoms with Crippen LogP contribution in [0.1, 0.15) is 17.3 Å². The van der Waals surface area contributed by atoms with Gasteiger partial charge in [0.15, 0.2) is 6.10 Å². The van der Waals surface area contributed by atoms with E-state index in [1.807, 2.05) is 0 Å². The van der Waals surface area contributed by atoms with Crippen molar-refractivity contribution < 1.29 is 23.5 Å². The quantitative estimate of drug-likeness (QED) is 0.782. The molecule has 0 radical (unpaired) electrons. The molecule has 0 fully saturated rings. The molecular formula is C17H15BrFNO4. The second-order valence-corrected chi connectivity index (χ2v) is 5.75. The van der Waals surface area contributed by atoms with E-state index in [1.54, 1.807) is 25.1 Å². The van der Waals surface area contributed by atoms with Crippen molar-refractivity contribution in [3.63, 3.8) is 0 Å². The molecule has 0 spiro atoms. The Hall–Kier alpha value is -2.41. The Balaban J connectivity index is 2.04. The van der Waals surface area contributed by atoms with Crippen LogP contribution in [0, 0.1) is 5.82 Å². The van der Waals surface area contributed by atoms with Gasteiger partial charge in [-0.1, -0.05) is 6.07 Å². The average molecular weight is 396 g/mol. The van der Waals surface area contributed by atoms with Gasteiger partial charge in [-0.3, -0.25) is 4.79 Å². The van der Waals surface area contributed by atoms with Crippen LogP contribution in [0.3, 0.4) is 0 Å². The maximum Gasteiger partial charge on any atom is 0.337 e. The fraction of sp³-hybridized carbons (Fsp3) is 0.176. The fourth-order valence-corrected chi connectivity index (χ4v) is 2.37. The second kappa shape index (κ2) is 7.92. The number of amides is 1. The van der Waals surface area contributed by atoms with Crippen LogP contribution in [-0.2, 0) is 9.53 Å². The van der Waals surface area contributed by atoms with Crippen LogP contribution in [0.5, 0.6) is 5.75 Å². The van der Waals surface area contributed by atoms with E-state index in [1.165, 1.54) is 31.4 Å². The number of hydrogen-bond donors (Lipinski definition) is 1. The summed E-state index contributed by atoms with van der Waals surface area (Å²) in [7, 11) is 1.29. The van der Waals surface area contributed by atoms with Crippen molar-refractivity contribution in [2.75, 3.05) is 12.4 Å². The molecule has 126 valence electrons. The van der Waals surface area contributed by atoms with Crippen LogP contribution in [0.25, 0.3) is 0 Å². The van der Waals surface area contributed by atoms with E-state index in [0.29, 0.717) is 21.5 Å². The molecule has 2 rings (SSSR count). The molecular weight excluding hydrogens is 381 g/mol. The van der Waals surface area contributed by atoms with Crippen LogP contribution in [0.15, 0.2) is 46.9 Å². The lowest BCUT2D eigenvalue weighted by molar-refractivity contribution is -0.122. The van der Waals surface area contributed by atoms with Crippen molar-refractivity contribution in [3.05, 3.63) is 58.3 Å². The summed E-state index contributed by atoms with van der Waals surface area (Å²) in [6.07, 6.45) is -0.825. The molecule has 1 N–H and O–H groups in total. The van der Waals surface area contributed by atoms with Crippen LogP contribution >= 0.6 is 15.9 Å². The molecule has 0 heterocycles. The fourth-order valence-electron chi connectivity index (χ4n) is 1.90. The molecule has 2 aromatic carbocycles. The number of rotatable bonds is 5. The lowest BCUT2D eigenvalue weighted by Gasteiger charge is -2.16. The largest absolute Gasteiger partial charge is 0.480 e. The number of anilines is 1. The standard InChI is InChI=1S/C17H15BrFNO4/c1-10(16(21)20-13-5-3-4-12(19)9-13)24-15-7-6-11(8-14(15)18)17(22)23-2/h3-10H,1-2H3,(H,20,21). The molecule has 24 heavy (non-hydrogen) atoms. The lowest BCUT2D eigenvalue weighted by Crippen LogP contribution is -2.30. The molecule has 0 aromatic heterocycles. The number of nitrogens with one attached hydrogen (secondary N) is 1. The van der Waals surface area contributed by atoms with E-state index in [0.717, 1.165) is 0 Å². The summed E-state index contributed by atoms with van der Waals surface area (Å²) in [5.41, 5.74) is 0.698. The minimum absolute atomic E-state index is 0.343. The third-order valence-electron chi connectivity index (χ3n) is 3.12. The van der Waals surface area contributed by atoms with Gasteiger partial charge in [-0.25, -0.2) is 9.18 Å². The van der Waals surface area contributed by atoms with E-state index >= 15 is 0 Å². The molecule has 0 aliphatic heterocycles. The first-order valence-electron chi connectivity index (χ1n) is 7.01. The van der Waals surface area contributed by atoms with Crippen molar-refractivity contribution in [2.24, 2.45) is 0 Å². The van der Waals surface area contributed by atoms with Crippen LogP contribution in [-0.4, -0.2) is 25.1 Å². The van der Waals surface area contributed by atoms with Crippen molar-refractivity contribution in [1.29, 1.82) is 0 Å². The van der Waals surface area contributed by atoms with Gasteiger partial charge in [0, 0.05) is 5.69 Å². The minimum Gasteiger partial charge on any atom is -0.480 e. The Morgan fingerprint density at radius 1 is 1.21 bits per heavy atom. The first kappa shape index (κ1) is 17.9. The van der Waals surface area contributed by atoms with Crippen molar-refractivity contribution >= 4 is 33.5 Å². The Kier molecular flexibility index (Phi) is 5.92. The van der Waals surface area contributed by atoms with Gasteiger partial charge in [0.1, 0.15) is 11.6 Å². The maximum absolute atomic E-state index is 13.1. The number of ether oxygens (including phenoxy) is 2. The van der Waals surface area contributed by atoms with Crippen molar-refractivity contribution in [1.82, 2.24) is 0 Å². The highest BCUT2D eigenvalue weighted by Crippen LogP contribution is 2.27. The van der Waals surface area contributed by atoms with Crippen LogP contribution in [0.2, 0.25) is 0 Å². The summed E-state index contributed by atoms with van der Waals surface area (Å²) in [6, 6.07) is 10.2. The van der Waals surface area contributed by atoms with Gasteiger partial charge in [-0.15, -0.1) is 0 Å². The number of halogens is 2. The summed E-state index contributed by atoms with van der Waals surface area (Å²) < 4.78 is 23.8. The summed E-state index contributed by atoms with van der Waals surface area (Å²) in [4.78, 5) is 23.6. The van der Waals surface area contributed by atoms with E-state index in [-0.39, 0.29) is 0 Å². The molecule has 0 saturated heterocycles. The van der Waals surface area contributed by atoms with Gasteiger partial charge in [-0.2, -0.15) is 0 Å². The minimum atomic E-state index is -0.825. The predicted octanol–water partition coefficient (Wildman–Crippen LogP) is 3.78. The number of hydrogen-bond acceptors (Lipinski definition) is 4. The summed E-state index contributed by atoms with van der Waals surface area (Å²) in [5, 5.41) is 2.57. The highest BCUT2D eigenvalue weighted by molar-refractivity contribution is 9.10. The zero-order valence-corrected chi connectivity index (χ0v) is 14.6. The number of esters is 1. The predicted molar refractivity (Wildman–Crippen MR) is 90.6 cm³/mol. The Labute approximate surface area is 146 Å². The lowest BCUT2D eigenvalue weighted by atomic mass is 10.2. The SMILES string of the molecule is COC(=O)c1ccc(OC(C)C(=O)Nc2cccc(F)c2)c(Br)c1. The third-order valence-corrected chi connectivity index (χ3v) is 3.74. The first-order chi connectivity index (χ1) is 11.4. The van der Waals surface area contributed by atoms with Gasteiger partial charge in [0.2, 0.25) is 0 Å². The average Bonchev–Trinajstić information content (AvgIpc) is 2.55. The molecule has 5 nitrogen and oxygen atoms in total. The number of methoxy groups -OCH3 is 1. The molecule has 0 bridgehead atoms. The van der Waals surface area contributed by atoms with Crippen LogP contribution in [0.4, 0.5) is 10.1 Å². The smallest absolute Gasteiger partial charge is 0.337 e. The highest BCUT2D eigenvalue weighted by Gasteiger charge is 2.17. The van der Waals surface area contributed by atoms with Crippen molar-refractivity contribution in [2.45, 2.75) is 13.0 Å². The Bertz CT molecular complexity index is 766. The van der Waals surface area contributed by atoms with E-state index in [2.05, 4.69) is 26.0 Å². The van der Waals surface area contributed by atoms with Crippen LogP contribution < -0.4 is 10.1 Å². The topological polar surface area (TPSA) is 64.6 Å². The number of benzene rings is 2. The molecule has 0 saturated carbocycles. The van der Waals surface area contributed by atoms with E-state index in [9.17, 15) is 14.0 Å². The van der Waals surface area contributed by atoms with Crippen molar-refractivity contribution in [3.8, 4) is 5.75 Å². The monoisotopic (exact) mass is 395 g/mol. The van der Waals surface area contributed by atoms with Gasteiger partial charge in [-0.05, 0) is 59.3 Å². The molecule has 1 amide bonds. The maximum atomic E-state index is 13.1.